The summed E-state index contributed by atoms with van der Waals surface area (Å²) in [6.45, 7) is 0.894. The summed E-state index contributed by atoms with van der Waals surface area (Å²) in [6, 6.07) is 7.61. The van der Waals surface area contributed by atoms with E-state index in [0.717, 1.165) is 10.9 Å². The third-order valence-corrected chi connectivity index (χ3v) is 4.68. The molecule has 1 aliphatic heterocycles. The first-order valence-corrected chi connectivity index (χ1v) is 8.72. The fraction of sp³-hybridized carbons (Fsp3) is 0.474. The molecule has 2 heterocycles. The van der Waals surface area contributed by atoms with Crippen LogP contribution >= 0.6 is 0 Å². The van der Waals surface area contributed by atoms with Crippen molar-refractivity contribution < 1.29 is 19.1 Å². The normalized spacial score (nSPS) is 20.1. The van der Waals surface area contributed by atoms with Gasteiger partial charge < -0.3 is 24.3 Å². The Kier molecular flexibility index (Phi) is 5.58. The van der Waals surface area contributed by atoms with Crippen LogP contribution in [-0.4, -0.2) is 67.3 Å². The molecule has 1 aromatic carbocycles. The van der Waals surface area contributed by atoms with Crippen LogP contribution in [0.5, 0.6) is 0 Å². The molecule has 140 valence electrons. The largest absolute Gasteiger partial charge is 0.379 e. The summed E-state index contributed by atoms with van der Waals surface area (Å²) in [4.78, 5) is 26.1. The zero-order valence-corrected chi connectivity index (χ0v) is 15.4. The average molecular weight is 359 g/mol. The zero-order chi connectivity index (χ0) is 18.7. The number of nitrogens with zero attached hydrogens (tertiary/aromatic N) is 2. The predicted molar refractivity (Wildman–Crippen MR) is 98.0 cm³/mol. The SMILES string of the molecule is CN(C)C(=O)CO[C@@H]1COCC[C@H]1NC(=O)c1cn(C)c2ccccc12. The van der Waals surface area contributed by atoms with Gasteiger partial charge in [-0.25, -0.2) is 0 Å². The molecule has 1 saturated heterocycles. The van der Waals surface area contributed by atoms with Gasteiger partial charge in [0, 0.05) is 44.8 Å². The monoisotopic (exact) mass is 359 g/mol. The van der Waals surface area contributed by atoms with Gasteiger partial charge in [0.1, 0.15) is 12.7 Å². The Morgan fingerprint density at radius 3 is 2.88 bits per heavy atom. The number of benzene rings is 1. The van der Waals surface area contributed by atoms with Crippen molar-refractivity contribution >= 4 is 22.7 Å². The Morgan fingerprint density at radius 1 is 1.35 bits per heavy atom. The molecule has 1 aliphatic rings. The molecule has 0 saturated carbocycles. The number of carbonyl (C=O) groups excluding carboxylic acids is 2. The molecule has 0 spiro atoms. The summed E-state index contributed by atoms with van der Waals surface area (Å²) < 4.78 is 13.1. The van der Waals surface area contributed by atoms with Gasteiger partial charge in [0.15, 0.2) is 0 Å². The van der Waals surface area contributed by atoms with Gasteiger partial charge in [0.25, 0.3) is 5.91 Å². The lowest BCUT2D eigenvalue weighted by molar-refractivity contribution is -0.140. The first-order chi connectivity index (χ1) is 12.5. The number of para-hydroxylation sites is 1. The number of hydrogen-bond acceptors (Lipinski definition) is 4. The minimum Gasteiger partial charge on any atom is -0.379 e. The Morgan fingerprint density at radius 2 is 2.12 bits per heavy atom. The second-order valence-electron chi connectivity index (χ2n) is 6.75. The van der Waals surface area contributed by atoms with Gasteiger partial charge in [-0.3, -0.25) is 9.59 Å². The summed E-state index contributed by atoms with van der Waals surface area (Å²) in [5, 5.41) is 3.98. The summed E-state index contributed by atoms with van der Waals surface area (Å²) in [5.74, 6) is -0.254. The van der Waals surface area contributed by atoms with Crippen molar-refractivity contribution in [3.05, 3.63) is 36.0 Å². The van der Waals surface area contributed by atoms with Crippen LogP contribution in [0.4, 0.5) is 0 Å². The molecule has 1 fully saturated rings. The molecule has 7 heteroatoms. The second-order valence-corrected chi connectivity index (χ2v) is 6.75. The number of rotatable bonds is 5. The number of fused-ring (bicyclic) bond motifs is 1. The minimum atomic E-state index is -0.341. The first-order valence-electron chi connectivity index (χ1n) is 8.72. The number of hydrogen-bond donors (Lipinski definition) is 1. The van der Waals surface area contributed by atoms with E-state index in [-0.39, 0.29) is 30.6 Å². The van der Waals surface area contributed by atoms with Gasteiger partial charge in [-0.1, -0.05) is 18.2 Å². The summed E-state index contributed by atoms with van der Waals surface area (Å²) in [6.07, 6.45) is 2.15. The van der Waals surface area contributed by atoms with Crippen LogP contribution in [0.25, 0.3) is 10.9 Å². The smallest absolute Gasteiger partial charge is 0.253 e. The van der Waals surface area contributed by atoms with E-state index in [1.807, 2.05) is 42.1 Å². The maximum Gasteiger partial charge on any atom is 0.253 e. The van der Waals surface area contributed by atoms with Crippen molar-refractivity contribution in [3.63, 3.8) is 0 Å². The van der Waals surface area contributed by atoms with E-state index in [0.29, 0.717) is 25.2 Å². The quantitative estimate of drug-likeness (QED) is 0.870. The van der Waals surface area contributed by atoms with Crippen molar-refractivity contribution in [2.75, 3.05) is 33.9 Å². The van der Waals surface area contributed by atoms with Gasteiger partial charge in [-0.2, -0.15) is 0 Å². The maximum absolute atomic E-state index is 12.8. The van der Waals surface area contributed by atoms with E-state index >= 15 is 0 Å². The molecule has 2 aromatic rings. The topological polar surface area (TPSA) is 72.8 Å². The zero-order valence-electron chi connectivity index (χ0n) is 15.4. The van der Waals surface area contributed by atoms with Gasteiger partial charge in [-0.05, 0) is 12.5 Å². The van der Waals surface area contributed by atoms with Crippen LogP contribution in [0, 0.1) is 0 Å². The van der Waals surface area contributed by atoms with Crippen molar-refractivity contribution in [1.29, 1.82) is 0 Å². The van der Waals surface area contributed by atoms with Gasteiger partial charge in [-0.15, -0.1) is 0 Å². The van der Waals surface area contributed by atoms with Crippen molar-refractivity contribution in [3.8, 4) is 0 Å². The number of aromatic nitrogens is 1. The summed E-state index contributed by atoms with van der Waals surface area (Å²) in [5.41, 5.74) is 1.65. The van der Waals surface area contributed by atoms with Gasteiger partial charge in [0.05, 0.1) is 18.2 Å². The molecular weight excluding hydrogens is 334 g/mol. The summed E-state index contributed by atoms with van der Waals surface area (Å²) >= 11 is 0. The Hall–Kier alpha value is -2.38. The Balaban J connectivity index is 1.70. The lowest BCUT2D eigenvalue weighted by Gasteiger charge is -2.32. The van der Waals surface area contributed by atoms with Crippen LogP contribution < -0.4 is 5.32 Å². The molecule has 3 rings (SSSR count). The third kappa shape index (κ3) is 3.89. The maximum atomic E-state index is 12.8. The van der Waals surface area contributed by atoms with E-state index in [9.17, 15) is 9.59 Å². The van der Waals surface area contributed by atoms with Crippen LogP contribution in [-0.2, 0) is 21.3 Å². The highest BCUT2D eigenvalue weighted by atomic mass is 16.5. The second kappa shape index (κ2) is 7.88. The van der Waals surface area contributed by atoms with Crippen molar-refractivity contribution in [1.82, 2.24) is 14.8 Å². The molecule has 1 aromatic heterocycles. The Labute approximate surface area is 152 Å². The highest BCUT2D eigenvalue weighted by molar-refractivity contribution is 6.07. The number of amides is 2. The molecule has 2 amide bonds. The van der Waals surface area contributed by atoms with E-state index in [2.05, 4.69) is 5.32 Å². The van der Waals surface area contributed by atoms with E-state index in [1.165, 1.54) is 4.90 Å². The van der Waals surface area contributed by atoms with Crippen molar-refractivity contribution in [2.45, 2.75) is 18.6 Å². The lowest BCUT2D eigenvalue weighted by Crippen LogP contribution is -2.50. The average Bonchev–Trinajstić information content (AvgIpc) is 2.98. The Bertz CT molecular complexity index is 799. The number of ether oxygens (including phenoxy) is 2. The van der Waals surface area contributed by atoms with E-state index in [1.54, 1.807) is 14.1 Å². The van der Waals surface area contributed by atoms with Gasteiger partial charge in [0.2, 0.25) is 5.91 Å². The van der Waals surface area contributed by atoms with Crippen LogP contribution in [0.2, 0.25) is 0 Å². The molecule has 1 N–H and O–H groups in total. The van der Waals surface area contributed by atoms with Crippen LogP contribution in [0.3, 0.4) is 0 Å². The van der Waals surface area contributed by atoms with E-state index in [4.69, 9.17) is 9.47 Å². The molecule has 0 bridgehead atoms. The van der Waals surface area contributed by atoms with Crippen LogP contribution in [0.15, 0.2) is 30.5 Å². The molecule has 2 atom stereocenters. The van der Waals surface area contributed by atoms with Crippen molar-refractivity contribution in [2.24, 2.45) is 7.05 Å². The predicted octanol–water partition coefficient (Wildman–Crippen LogP) is 1.17. The minimum absolute atomic E-state index is 0.0261. The highest BCUT2D eigenvalue weighted by Crippen LogP contribution is 2.21. The summed E-state index contributed by atoms with van der Waals surface area (Å²) in [7, 11) is 5.29. The fourth-order valence-electron chi connectivity index (χ4n) is 3.12. The van der Waals surface area contributed by atoms with Crippen LogP contribution in [0.1, 0.15) is 16.8 Å². The molecular formula is C19H25N3O4. The van der Waals surface area contributed by atoms with Gasteiger partial charge >= 0.3 is 0 Å². The fourth-order valence-corrected chi connectivity index (χ4v) is 3.12. The molecule has 26 heavy (non-hydrogen) atoms. The molecule has 0 aliphatic carbocycles. The number of likely N-dealkylation sites (N-methyl/N-ethyl adjacent to an activating group) is 1. The van der Waals surface area contributed by atoms with E-state index < -0.39 is 0 Å². The number of aryl methyl sites for hydroxylation is 1. The molecule has 7 nitrogen and oxygen atoms in total. The molecule has 0 radical (unpaired) electrons. The molecule has 0 unspecified atom stereocenters. The standard InChI is InChI=1S/C19H25N3O4/c1-21(2)18(23)12-26-17-11-25-9-8-15(17)20-19(24)14-10-22(3)16-7-5-4-6-13(14)16/h4-7,10,15,17H,8-9,11-12H2,1-3H3,(H,20,24)/t15-,17-/m1/s1. The third-order valence-electron chi connectivity index (χ3n) is 4.68. The number of carbonyl (C=O) groups is 2. The highest BCUT2D eigenvalue weighted by Gasteiger charge is 2.29. The number of nitrogens with one attached hydrogen (secondary N) is 1. The first kappa shape index (κ1) is 18.4. The lowest BCUT2D eigenvalue weighted by atomic mass is 10.0.